The number of carbonyl (C=O) groups is 2. The zero-order chi connectivity index (χ0) is 23.3. The van der Waals surface area contributed by atoms with Gasteiger partial charge in [-0.15, -0.1) is 0 Å². The maximum atomic E-state index is 13.1. The number of aromatic hydroxyl groups is 1. The lowest BCUT2D eigenvalue weighted by Crippen LogP contribution is -2.56. The minimum atomic E-state index is -0.557. The lowest BCUT2D eigenvalue weighted by molar-refractivity contribution is -0.134. The van der Waals surface area contributed by atoms with E-state index in [1.165, 1.54) is 0 Å². The number of benzene rings is 2. The molecule has 1 heterocycles. The van der Waals surface area contributed by atoms with E-state index in [-0.39, 0.29) is 30.2 Å². The fourth-order valence-corrected chi connectivity index (χ4v) is 3.67. The summed E-state index contributed by atoms with van der Waals surface area (Å²) in [4.78, 5) is 28.8. The van der Waals surface area contributed by atoms with Crippen LogP contribution in [0.1, 0.15) is 38.8 Å². The van der Waals surface area contributed by atoms with Gasteiger partial charge in [-0.2, -0.15) is 0 Å². The topological polar surface area (TPSA) is 79.3 Å². The smallest absolute Gasteiger partial charge is 0.410 e. The van der Waals surface area contributed by atoms with Crippen molar-refractivity contribution in [3.8, 4) is 11.5 Å². The average Bonchev–Trinajstić information content (AvgIpc) is 2.72. The Morgan fingerprint density at radius 1 is 1.09 bits per heavy atom. The van der Waals surface area contributed by atoms with Crippen LogP contribution in [0.15, 0.2) is 48.5 Å². The first-order chi connectivity index (χ1) is 15.1. The largest absolute Gasteiger partial charge is 0.508 e. The Labute approximate surface area is 189 Å². The van der Waals surface area contributed by atoms with Gasteiger partial charge in [0.1, 0.15) is 23.7 Å². The highest BCUT2D eigenvalue weighted by atomic mass is 16.6. The zero-order valence-corrected chi connectivity index (χ0v) is 19.2. The normalized spacial score (nSPS) is 16.6. The van der Waals surface area contributed by atoms with Crippen molar-refractivity contribution >= 4 is 12.0 Å². The Morgan fingerprint density at radius 3 is 2.47 bits per heavy atom. The summed E-state index contributed by atoms with van der Waals surface area (Å²) in [6.45, 7) is 9.06. The van der Waals surface area contributed by atoms with E-state index in [0.29, 0.717) is 37.6 Å². The van der Waals surface area contributed by atoms with Gasteiger partial charge in [-0.25, -0.2) is 4.79 Å². The third kappa shape index (κ3) is 6.39. The van der Waals surface area contributed by atoms with Gasteiger partial charge in [-0.05, 0) is 51.5 Å². The lowest BCUT2D eigenvalue weighted by Gasteiger charge is -2.40. The third-order valence-electron chi connectivity index (χ3n) is 5.22. The lowest BCUT2D eigenvalue weighted by atomic mass is 10.1. The molecule has 0 aliphatic carbocycles. The van der Waals surface area contributed by atoms with E-state index >= 15 is 0 Å². The Bertz CT molecular complexity index is 939. The van der Waals surface area contributed by atoms with Crippen LogP contribution in [-0.2, 0) is 22.6 Å². The number of phenols is 1. The van der Waals surface area contributed by atoms with Gasteiger partial charge in [-0.1, -0.05) is 30.3 Å². The number of ether oxygens (including phenoxy) is 2. The molecule has 1 unspecified atom stereocenters. The van der Waals surface area contributed by atoms with Gasteiger partial charge in [0.25, 0.3) is 0 Å². The molecule has 7 nitrogen and oxygen atoms in total. The van der Waals surface area contributed by atoms with Crippen molar-refractivity contribution < 1.29 is 24.2 Å². The molecule has 0 bridgehead atoms. The highest BCUT2D eigenvalue weighted by molar-refractivity contribution is 5.80. The summed E-state index contributed by atoms with van der Waals surface area (Å²) >= 11 is 0. The van der Waals surface area contributed by atoms with Gasteiger partial charge in [0.15, 0.2) is 0 Å². The number of piperazine rings is 1. The van der Waals surface area contributed by atoms with E-state index in [0.717, 1.165) is 5.56 Å². The maximum Gasteiger partial charge on any atom is 0.410 e. The number of rotatable bonds is 5. The van der Waals surface area contributed by atoms with E-state index in [1.807, 2.05) is 58.0 Å². The summed E-state index contributed by atoms with van der Waals surface area (Å²) in [6.07, 6.45) is -0.254. The molecule has 1 saturated heterocycles. The SMILES string of the molecule is CC1CN(C(=O)OC(C)(C)C)CCN1C(=O)Cc1cc(O)ccc1OCc1ccccc1. The molecule has 0 saturated carbocycles. The highest BCUT2D eigenvalue weighted by Gasteiger charge is 2.32. The first-order valence-electron chi connectivity index (χ1n) is 10.9. The standard InChI is InChI=1S/C25H32N2O5/c1-18-16-26(24(30)32-25(2,3)4)12-13-27(18)23(29)15-20-14-21(28)10-11-22(20)31-17-19-8-6-5-7-9-19/h5-11,14,18,28H,12-13,15-17H2,1-4H3. The Balaban J connectivity index is 1.63. The quantitative estimate of drug-likeness (QED) is 0.761. The molecule has 2 amide bonds. The van der Waals surface area contributed by atoms with E-state index < -0.39 is 5.60 Å². The molecule has 2 aromatic carbocycles. The van der Waals surface area contributed by atoms with Crippen LogP contribution in [0.3, 0.4) is 0 Å². The van der Waals surface area contributed by atoms with Gasteiger partial charge >= 0.3 is 6.09 Å². The van der Waals surface area contributed by atoms with Gasteiger partial charge < -0.3 is 24.4 Å². The van der Waals surface area contributed by atoms with Gasteiger partial charge in [-0.3, -0.25) is 4.79 Å². The van der Waals surface area contributed by atoms with Crippen LogP contribution in [0.5, 0.6) is 11.5 Å². The summed E-state index contributed by atoms with van der Waals surface area (Å²) in [5.74, 6) is 0.583. The van der Waals surface area contributed by atoms with Gasteiger partial charge in [0, 0.05) is 31.2 Å². The van der Waals surface area contributed by atoms with E-state index in [4.69, 9.17) is 9.47 Å². The van der Waals surface area contributed by atoms with Crippen molar-refractivity contribution in [2.45, 2.75) is 52.4 Å². The molecule has 1 aliphatic heterocycles. The van der Waals surface area contributed by atoms with E-state index in [9.17, 15) is 14.7 Å². The Hall–Kier alpha value is -3.22. The second-order valence-electron chi connectivity index (χ2n) is 9.11. The Morgan fingerprint density at radius 2 is 1.81 bits per heavy atom. The van der Waals surface area contributed by atoms with Crippen molar-refractivity contribution in [1.82, 2.24) is 9.80 Å². The fraction of sp³-hybridized carbons (Fsp3) is 0.440. The molecule has 172 valence electrons. The van der Waals surface area contributed by atoms with Crippen LogP contribution in [-0.4, -0.2) is 58.2 Å². The van der Waals surface area contributed by atoms with Crippen LogP contribution in [0, 0.1) is 0 Å². The average molecular weight is 441 g/mol. The van der Waals surface area contributed by atoms with E-state index in [2.05, 4.69) is 0 Å². The second-order valence-corrected chi connectivity index (χ2v) is 9.11. The molecule has 1 aliphatic rings. The molecule has 7 heteroatoms. The number of nitrogens with zero attached hydrogens (tertiary/aromatic N) is 2. The first kappa shape index (κ1) is 23.4. The first-order valence-corrected chi connectivity index (χ1v) is 10.9. The molecule has 0 radical (unpaired) electrons. The minimum absolute atomic E-state index is 0.0727. The van der Waals surface area contributed by atoms with Crippen molar-refractivity contribution in [3.05, 3.63) is 59.7 Å². The third-order valence-corrected chi connectivity index (χ3v) is 5.22. The zero-order valence-electron chi connectivity index (χ0n) is 19.2. The number of hydrogen-bond acceptors (Lipinski definition) is 5. The highest BCUT2D eigenvalue weighted by Crippen LogP contribution is 2.26. The van der Waals surface area contributed by atoms with Crippen molar-refractivity contribution in [2.75, 3.05) is 19.6 Å². The van der Waals surface area contributed by atoms with Crippen molar-refractivity contribution in [3.63, 3.8) is 0 Å². The van der Waals surface area contributed by atoms with Crippen LogP contribution in [0.25, 0.3) is 0 Å². The number of carbonyl (C=O) groups excluding carboxylic acids is 2. The van der Waals surface area contributed by atoms with Crippen LogP contribution < -0.4 is 4.74 Å². The molecule has 2 aromatic rings. The molecule has 0 spiro atoms. The number of phenolic OH excluding ortho intramolecular Hbond substituents is 1. The minimum Gasteiger partial charge on any atom is -0.508 e. The fourth-order valence-electron chi connectivity index (χ4n) is 3.67. The molecule has 32 heavy (non-hydrogen) atoms. The molecule has 1 atom stereocenters. The predicted molar refractivity (Wildman–Crippen MR) is 122 cm³/mol. The van der Waals surface area contributed by atoms with Crippen molar-refractivity contribution in [2.24, 2.45) is 0 Å². The van der Waals surface area contributed by atoms with Crippen molar-refractivity contribution in [1.29, 1.82) is 0 Å². The molecular formula is C25H32N2O5. The summed E-state index contributed by atoms with van der Waals surface area (Å²) in [6, 6.07) is 14.4. The predicted octanol–water partition coefficient (Wildman–Crippen LogP) is 3.98. The maximum absolute atomic E-state index is 13.1. The van der Waals surface area contributed by atoms with Gasteiger partial charge in [0.05, 0.1) is 6.42 Å². The Kier molecular flexibility index (Phi) is 7.28. The summed E-state index contributed by atoms with van der Waals surface area (Å²) in [7, 11) is 0. The molecule has 3 rings (SSSR count). The van der Waals surface area contributed by atoms with Crippen LogP contribution >= 0.6 is 0 Å². The monoisotopic (exact) mass is 440 g/mol. The second kappa shape index (κ2) is 9.94. The number of hydrogen-bond donors (Lipinski definition) is 1. The summed E-state index contributed by atoms with van der Waals surface area (Å²) in [5.41, 5.74) is 1.09. The number of amides is 2. The summed E-state index contributed by atoms with van der Waals surface area (Å²) < 4.78 is 11.4. The molecule has 1 N–H and O–H groups in total. The summed E-state index contributed by atoms with van der Waals surface area (Å²) in [5, 5.41) is 9.95. The molecule has 1 fully saturated rings. The molecular weight excluding hydrogens is 408 g/mol. The van der Waals surface area contributed by atoms with Crippen LogP contribution in [0.4, 0.5) is 4.79 Å². The van der Waals surface area contributed by atoms with Gasteiger partial charge in [0.2, 0.25) is 5.91 Å². The van der Waals surface area contributed by atoms with E-state index in [1.54, 1.807) is 28.0 Å². The molecule has 0 aromatic heterocycles. The van der Waals surface area contributed by atoms with Crippen LogP contribution in [0.2, 0.25) is 0 Å².